The number of nitrogens with zero attached hydrogens (tertiary/aromatic N) is 3. The van der Waals surface area contributed by atoms with Crippen LogP contribution >= 0.6 is 11.3 Å². The number of amides is 1. The number of benzene rings is 2. The molecule has 0 bridgehead atoms. The van der Waals surface area contributed by atoms with Crippen LogP contribution in [0.25, 0.3) is 10.2 Å². The molecule has 3 aromatic rings. The largest absolute Gasteiger partial charge is 0.345 e. The predicted octanol–water partition coefficient (Wildman–Crippen LogP) is 3.71. The number of carbonyl (C=O) groups is 1. The Morgan fingerprint density at radius 1 is 1.08 bits per heavy atom. The van der Waals surface area contributed by atoms with Crippen molar-refractivity contribution in [3.63, 3.8) is 0 Å². The Morgan fingerprint density at radius 2 is 1.80 bits per heavy atom. The van der Waals surface area contributed by atoms with E-state index >= 15 is 0 Å². The van der Waals surface area contributed by atoms with E-state index in [1.165, 1.54) is 22.4 Å². The van der Waals surface area contributed by atoms with Gasteiger partial charge in [-0.2, -0.15) is 0 Å². The van der Waals surface area contributed by atoms with Crippen LogP contribution < -0.4 is 4.90 Å². The Kier molecular flexibility index (Phi) is 4.13. The highest BCUT2D eigenvalue weighted by Gasteiger charge is 2.24. The van der Waals surface area contributed by atoms with Crippen LogP contribution in [0.2, 0.25) is 0 Å². The summed E-state index contributed by atoms with van der Waals surface area (Å²) in [5.41, 5.74) is 2.78. The molecule has 1 aliphatic heterocycles. The van der Waals surface area contributed by atoms with Crippen molar-refractivity contribution in [1.82, 2.24) is 9.88 Å². The topological polar surface area (TPSA) is 36.4 Å². The number of hydrogen-bond acceptors (Lipinski definition) is 4. The van der Waals surface area contributed by atoms with E-state index in [0.29, 0.717) is 18.7 Å². The van der Waals surface area contributed by atoms with Gasteiger partial charge in [-0.3, -0.25) is 4.79 Å². The summed E-state index contributed by atoms with van der Waals surface area (Å²) in [6, 6.07) is 12.0. The molecule has 1 aromatic heterocycles. The highest BCUT2D eigenvalue weighted by atomic mass is 32.1. The maximum atomic E-state index is 13.0. The first-order valence-corrected chi connectivity index (χ1v) is 9.09. The number of piperazine rings is 1. The molecule has 1 aliphatic rings. The summed E-state index contributed by atoms with van der Waals surface area (Å²) in [6.45, 7) is 4.87. The SMILES string of the molecule is Cc1cccc2sc(N3CCN(C(=O)c4ccc(F)cc4)CC3)nc12. The average molecular weight is 355 g/mol. The number of anilines is 1. The maximum absolute atomic E-state index is 13.0. The van der Waals surface area contributed by atoms with Crippen molar-refractivity contribution in [3.05, 3.63) is 59.4 Å². The van der Waals surface area contributed by atoms with Gasteiger partial charge in [-0.25, -0.2) is 9.37 Å². The normalized spacial score (nSPS) is 15.0. The van der Waals surface area contributed by atoms with Gasteiger partial charge in [-0.1, -0.05) is 23.5 Å². The number of aryl methyl sites for hydroxylation is 1. The molecule has 4 nitrogen and oxygen atoms in total. The van der Waals surface area contributed by atoms with Crippen molar-refractivity contribution < 1.29 is 9.18 Å². The van der Waals surface area contributed by atoms with Gasteiger partial charge in [0.2, 0.25) is 0 Å². The van der Waals surface area contributed by atoms with Crippen LogP contribution in [0.5, 0.6) is 0 Å². The summed E-state index contributed by atoms with van der Waals surface area (Å²) in [5, 5.41) is 1.01. The van der Waals surface area contributed by atoms with Crippen LogP contribution in [0.15, 0.2) is 42.5 Å². The molecule has 6 heteroatoms. The first kappa shape index (κ1) is 16.0. The van der Waals surface area contributed by atoms with Crippen molar-refractivity contribution in [2.45, 2.75) is 6.92 Å². The number of halogens is 1. The lowest BCUT2D eigenvalue weighted by Crippen LogP contribution is -2.48. The third-order valence-corrected chi connectivity index (χ3v) is 5.62. The molecule has 2 aromatic carbocycles. The monoisotopic (exact) mass is 355 g/mol. The number of hydrogen-bond donors (Lipinski definition) is 0. The summed E-state index contributed by atoms with van der Waals surface area (Å²) in [4.78, 5) is 21.3. The standard InChI is InChI=1S/C19H18FN3OS/c1-13-3-2-4-16-17(13)21-19(25-16)23-11-9-22(10-12-23)18(24)14-5-7-15(20)8-6-14/h2-8H,9-12H2,1H3. The second-order valence-corrected chi connectivity index (χ2v) is 7.21. The lowest BCUT2D eigenvalue weighted by Gasteiger charge is -2.34. The molecule has 0 aliphatic carbocycles. The van der Waals surface area contributed by atoms with Crippen molar-refractivity contribution in [1.29, 1.82) is 0 Å². The van der Waals surface area contributed by atoms with Crippen molar-refractivity contribution in [2.24, 2.45) is 0 Å². The van der Waals surface area contributed by atoms with Crippen molar-refractivity contribution >= 4 is 32.6 Å². The van der Waals surface area contributed by atoms with Gasteiger partial charge in [0.15, 0.2) is 5.13 Å². The van der Waals surface area contributed by atoms with Crippen LogP contribution in [-0.4, -0.2) is 42.0 Å². The Hall–Kier alpha value is -2.47. The fourth-order valence-corrected chi connectivity index (χ4v) is 4.18. The third kappa shape index (κ3) is 3.09. The molecular weight excluding hydrogens is 337 g/mol. The highest BCUT2D eigenvalue weighted by Crippen LogP contribution is 2.31. The second-order valence-electron chi connectivity index (χ2n) is 6.20. The molecule has 2 heterocycles. The summed E-state index contributed by atoms with van der Waals surface area (Å²) in [7, 11) is 0. The molecule has 0 radical (unpaired) electrons. The van der Waals surface area contributed by atoms with E-state index in [-0.39, 0.29) is 11.7 Å². The molecule has 0 spiro atoms. The summed E-state index contributed by atoms with van der Waals surface area (Å²) in [5.74, 6) is -0.368. The minimum absolute atomic E-state index is 0.0419. The third-order valence-electron chi connectivity index (χ3n) is 4.54. The zero-order valence-electron chi connectivity index (χ0n) is 13.9. The van der Waals surface area contributed by atoms with Crippen LogP contribution in [0, 0.1) is 12.7 Å². The fourth-order valence-electron chi connectivity index (χ4n) is 3.09. The van der Waals surface area contributed by atoms with Gasteiger partial charge in [0.25, 0.3) is 5.91 Å². The van der Waals surface area contributed by atoms with Crippen LogP contribution in [0.3, 0.4) is 0 Å². The molecule has 0 saturated carbocycles. The van der Waals surface area contributed by atoms with Gasteiger partial charge < -0.3 is 9.80 Å². The Morgan fingerprint density at radius 3 is 2.48 bits per heavy atom. The number of fused-ring (bicyclic) bond motifs is 1. The smallest absolute Gasteiger partial charge is 0.253 e. The van der Waals surface area contributed by atoms with E-state index in [2.05, 4.69) is 30.0 Å². The molecule has 0 unspecified atom stereocenters. The average Bonchev–Trinajstić information content (AvgIpc) is 3.08. The van der Waals surface area contributed by atoms with E-state index in [1.54, 1.807) is 23.5 Å². The van der Waals surface area contributed by atoms with Gasteiger partial charge in [0.05, 0.1) is 10.2 Å². The quantitative estimate of drug-likeness (QED) is 0.703. The van der Waals surface area contributed by atoms with E-state index in [1.807, 2.05) is 4.90 Å². The molecule has 0 N–H and O–H groups in total. The van der Waals surface area contributed by atoms with Gasteiger partial charge in [0.1, 0.15) is 5.82 Å². The lowest BCUT2D eigenvalue weighted by molar-refractivity contribution is 0.0746. The van der Waals surface area contributed by atoms with Crippen LogP contribution in [0.1, 0.15) is 15.9 Å². The van der Waals surface area contributed by atoms with Gasteiger partial charge in [-0.05, 0) is 42.8 Å². The van der Waals surface area contributed by atoms with Gasteiger partial charge in [-0.15, -0.1) is 0 Å². The number of rotatable bonds is 2. The molecule has 4 rings (SSSR count). The zero-order chi connectivity index (χ0) is 17.4. The fraction of sp³-hybridized carbons (Fsp3) is 0.263. The van der Waals surface area contributed by atoms with Crippen LogP contribution in [-0.2, 0) is 0 Å². The molecule has 25 heavy (non-hydrogen) atoms. The number of para-hydroxylation sites is 1. The summed E-state index contributed by atoms with van der Waals surface area (Å²) in [6.07, 6.45) is 0. The van der Waals surface area contributed by atoms with E-state index < -0.39 is 0 Å². The Balaban J connectivity index is 1.46. The Labute approximate surface area is 149 Å². The zero-order valence-corrected chi connectivity index (χ0v) is 14.7. The summed E-state index contributed by atoms with van der Waals surface area (Å²) < 4.78 is 14.2. The minimum atomic E-state index is -0.326. The highest BCUT2D eigenvalue weighted by molar-refractivity contribution is 7.22. The predicted molar refractivity (Wildman–Crippen MR) is 98.9 cm³/mol. The van der Waals surface area contributed by atoms with Gasteiger partial charge in [0, 0.05) is 31.7 Å². The summed E-state index contributed by atoms with van der Waals surface area (Å²) >= 11 is 1.70. The number of carbonyl (C=O) groups excluding carboxylic acids is 1. The maximum Gasteiger partial charge on any atom is 0.253 e. The van der Waals surface area contributed by atoms with Gasteiger partial charge >= 0.3 is 0 Å². The second kappa shape index (κ2) is 6.44. The van der Waals surface area contributed by atoms with Crippen LogP contribution in [0.4, 0.5) is 9.52 Å². The Bertz CT molecular complexity index is 914. The first-order chi connectivity index (χ1) is 12.1. The van der Waals surface area contributed by atoms with Crippen molar-refractivity contribution in [3.8, 4) is 0 Å². The van der Waals surface area contributed by atoms with E-state index in [4.69, 9.17) is 4.98 Å². The lowest BCUT2D eigenvalue weighted by atomic mass is 10.2. The first-order valence-electron chi connectivity index (χ1n) is 8.28. The molecule has 128 valence electrons. The molecule has 1 amide bonds. The minimum Gasteiger partial charge on any atom is -0.345 e. The molecule has 1 fully saturated rings. The van der Waals surface area contributed by atoms with E-state index in [0.717, 1.165) is 23.7 Å². The number of thiazole rings is 1. The molecule has 0 atom stereocenters. The molecule has 1 saturated heterocycles. The van der Waals surface area contributed by atoms with E-state index in [9.17, 15) is 9.18 Å². The molecular formula is C19H18FN3OS. The number of aromatic nitrogens is 1. The van der Waals surface area contributed by atoms with Crippen molar-refractivity contribution in [2.75, 3.05) is 31.1 Å².